The molecule has 1 aromatic heterocycles. The van der Waals surface area contributed by atoms with Gasteiger partial charge in [-0.3, -0.25) is 0 Å². The Morgan fingerprint density at radius 3 is 2.36 bits per heavy atom. The van der Waals surface area contributed by atoms with Gasteiger partial charge in [0.2, 0.25) is 5.95 Å². The van der Waals surface area contributed by atoms with Gasteiger partial charge in [0.05, 0.1) is 19.0 Å². The number of nitrogens with zero attached hydrogens (tertiary/aromatic N) is 2. The van der Waals surface area contributed by atoms with Gasteiger partial charge >= 0.3 is 11.9 Å². The van der Waals surface area contributed by atoms with E-state index < -0.39 is 11.9 Å². The average molecular weight is 512 g/mol. The second-order valence-electron chi connectivity index (χ2n) is 6.97. The number of imidazole rings is 1. The van der Waals surface area contributed by atoms with Crippen molar-refractivity contribution in [3.8, 4) is 17.0 Å². The lowest BCUT2D eigenvalue weighted by atomic mass is 10.0. The number of methoxy groups -OCH3 is 1. The van der Waals surface area contributed by atoms with Crippen molar-refractivity contribution in [2.75, 3.05) is 12.4 Å². The third-order valence-corrected chi connectivity index (χ3v) is 5.42. The number of aliphatic carboxylic acids is 2. The molecule has 3 N–H and O–H groups in total. The molecule has 0 saturated carbocycles. The van der Waals surface area contributed by atoms with Crippen LogP contribution in [0.25, 0.3) is 22.0 Å². The fraction of sp³-hybridized carbons (Fsp3) is 0.125. The number of nitrogens with one attached hydrogen (secondary N) is 1. The van der Waals surface area contributed by atoms with Gasteiger partial charge in [-0.25, -0.2) is 14.6 Å². The van der Waals surface area contributed by atoms with E-state index in [-0.39, 0.29) is 0 Å². The summed E-state index contributed by atoms with van der Waals surface area (Å²) in [6, 6.07) is 20.7. The zero-order valence-corrected chi connectivity index (χ0v) is 19.5. The minimum Gasteiger partial charge on any atom is -0.496 e. The standard InChI is InChI=1S/C22H20BrN3O.C2H2O4/c1-26-20(15-6-5-7-17(23)12-15)14-25-22(26)24-13-16-10-11-21(27-2)19-9-4-3-8-18(16)19;3-1(4)2(5)6/h3-12,14H,13H2,1-2H3,(H,24,25);(H,3,4)(H,5,6). The zero-order valence-electron chi connectivity index (χ0n) is 17.9. The molecule has 3 aromatic carbocycles. The number of aromatic nitrogens is 2. The molecule has 9 heteroatoms. The van der Waals surface area contributed by atoms with Gasteiger partial charge in [-0.15, -0.1) is 0 Å². The third-order valence-electron chi connectivity index (χ3n) is 4.92. The average Bonchev–Trinajstić information content (AvgIpc) is 3.18. The van der Waals surface area contributed by atoms with Crippen LogP contribution in [0.5, 0.6) is 5.75 Å². The van der Waals surface area contributed by atoms with Crippen LogP contribution >= 0.6 is 15.9 Å². The zero-order chi connectivity index (χ0) is 24.0. The quantitative estimate of drug-likeness (QED) is 0.330. The summed E-state index contributed by atoms with van der Waals surface area (Å²) in [4.78, 5) is 22.8. The summed E-state index contributed by atoms with van der Waals surface area (Å²) in [6.45, 7) is 0.688. The highest BCUT2D eigenvalue weighted by Gasteiger charge is 2.10. The van der Waals surface area contributed by atoms with Crippen molar-refractivity contribution >= 4 is 44.6 Å². The fourth-order valence-corrected chi connectivity index (χ4v) is 3.73. The van der Waals surface area contributed by atoms with Crippen LogP contribution in [0, 0.1) is 0 Å². The van der Waals surface area contributed by atoms with Crippen LogP contribution in [0.4, 0.5) is 5.95 Å². The number of fused-ring (bicyclic) bond motifs is 1. The Labute approximate surface area is 198 Å². The van der Waals surface area contributed by atoms with E-state index in [1.54, 1.807) is 7.11 Å². The molecule has 0 aliphatic rings. The second kappa shape index (κ2) is 10.6. The van der Waals surface area contributed by atoms with Crippen molar-refractivity contribution in [2.24, 2.45) is 7.05 Å². The summed E-state index contributed by atoms with van der Waals surface area (Å²) in [5, 5.41) is 20.6. The van der Waals surface area contributed by atoms with Crippen LogP contribution in [0.2, 0.25) is 0 Å². The van der Waals surface area contributed by atoms with Crippen LogP contribution in [0.1, 0.15) is 5.56 Å². The monoisotopic (exact) mass is 511 g/mol. The van der Waals surface area contributed by atoms with Gasteiger partial charge in [-0.2, -0.15) is 0 Å². The number of ether oxygens (including phenoxy) is 1. The summed E-state index contributed by atoms with van der Waals surface area (Å²) < 4.78 is 8.62. The molecule has 0 fully saturated rings. The first kappa shape index (κ1) is 23.8. The van der Waals surface area contributed by atoms with E-state index in [1.165, 1.54) is 10.9 Å². The Bertz CT molecular complexity index is 1290. The van der Waals surface area contributed by atoms with Gasteiger partial charge in [0, 0.05) is 29.0 Å². The number of anilines is 1. The van der Waals surface area contributed by atoms with Gasteiger partial charge in [-0.05, 0) is 29.1 Å². The number of carboxylic acid groups (broad SMARTS) is 2. The Morgan fingerprint density at radius 2 is 1.73 bits per heavy atom. The van der Waals surface area contributed by atoms with E-state index in [0.717, 1.165) is 32.8 Å². The number of rotatable bonds is 5. The van der Waals surface area contributed by atoms with Crippen molar-refractivity contribution in [3.05, 3.63) is 76.9 Å². The molecule has 0 bridgehead atoms. The second-order valence-corrected chi connectivity index (χ2v) is 7.89. The maximum absolute atomic E-state index is 9.10. The predicted molar refractivity (Wildman–Crippen MR) is 129 cm³/mol. The molecule has 8 nitrogen and oxygen atoms in total. The maximum Gasteiger partial charge on any atom is 0.414 e. The summed E-state index contributed by atoms with van der Waals surface area (Å²) >= 11 is 3.53. The lowest BCUT2D eigenvalue weighted by molar-refractivity contribution is -0.159. The highest BCUT2D eigenvalue weighted by Crippen LogP contribution is 2.29. The summed E-state index contributed by atoms with van der Waals surface area (Å²) in [6.07, 6.45) is 1.90. The van der Waals surface area contributed by atoms with Gasteiger partial charge in [0.1, 0.15) is 5.75 Å². The first-order valence-corrected chi connectivity index (χ1v) is 10.6. The molecular formula is C24H22BrN3O5. The van der Waals surface area contributed by atoms with E-state index in [2.05, 4.69) is 67.2 Å². The van der Waals surface area contributed by atoms with Gasteiger partial charge in [-0.1, -0.05) is 58.4 Å². The summed E-state index contributed by atoms with van der Waals surface area (Å²) in [5.41, 5.74) is 3.40. The largest absolute Gasteiger partial charge is 0.496 e. The Balaban J connectivity index is 0.000000454. The smallest absolute Gasteiger partial charge is 0.414 e. The number of halogens is 1. The van der Waals surface area contributed by atoms with E-state index in [1.807, 2.05) is 37.5 Å². The molecule has 4 rings (SSSR count). The van der Waals surface area contributed by atoms with Crippen molar-refractivity contribution in [1.29, 1.82) is 0 Å². The molecule has 0 aliphatic heterocycles. The molecule has 170 valence electrons. The molecule has 0 spiro atoms. The van der Waals surface area contributed by atoms with Crippen LogP contribution in [0.15, 0.2) is 71.3 Å². The first-order valence-electron chi connectivity index (χ1n) is 9.84. The minimum absolute atomic E-state index is 0.688. The lowest BCUT2D eigenvalue weighted by Gasteiger charge is -2.12. The van der Waals surface area contributed by atoms with Crippen molar-refractivity contribution < 1.29 is 24.5 Å². The fourth-order valence-electron chi connectivity index (χ4n) is 3.33. The molecule has 1 heterocycles. The molecule has 0 aliphatic carbocycles. The number of hydrogen-bond acceptors (Lipinski definition) is 5. The van der Waals surface area contributed by atoms with Gasteiger partial charge < -0.3 is 24.8 Å². The van der Waals surface area contributed by atoms with E-state index >= 15 is 0 Å². The van der Waals surface area contributed by atoms with Gasteiger partial charge in [0.25, 0.3) is 0 Å². The highest BCUT2D eigenvalue weighted by atomic mass is 79.9. The lowest BCUT2D eigenvalue weighted by Crippen LogP contribution is -2.09. The van der Waals surface area contributed by atoms with E-state index in [4.69, 9.17) is 24.5 Å². The Hall–Kier alpha value is -3.85. The van der Waals surface area contributed by atoms with Crippen LogP contribution in [-0.2, 0) is 23.2 Å². The van der Waals surface area contributed by atoms with Crippen molar-refractivity contribution in [3.63, 3.8) is 0 Å². The number of carbonyl (C=O) groups is 2. The van der Waals surface area contributed by atoms with Crippen molar-refractivity contribution in [1.82, 2.24) is 9.55 Å². The number of benzene rings is 3. The van der Waals surface area contributed by atoms with Crippen LogP contribution in [0.3, 0.4) is 0 Å². The van der Waals surface area contributed by atoms with Crippen LogP contribution < -0.4 is 10.1 Å². The van der Waals surface area contributed by atoms with Crippen LogP contribution in [-0.4, -0.2) is 38.8 Å². The predicted octanol–water partition coefficient (Wildman–Crippen LogP) is 4.78. The van der Waals surface area contributed by atoms with Crippen molar-refractivity contribution in [2.45, 2.75) is 6.54 Å². The summed E-state index contributed by atoms with van der Waals surface area (Å²) in [7, 11) is 3.73. The molecule has 0 unspecified atom stereocenters. The normalized spacial score (nSPS) is 10.3. The highest BCUT2D eigenvalue weighted by molar-refractivity contribution is 9.10. The summed E-state index contributed by atoms with van der Waals surface area (Å²) in [5.74, 6) is -1.92. The minimum atomic E-state index is -1.82. The molecule has 0 atom stereocenters. The topological polar surface area (TPSA) is 114 Å². The Kier molecular flexibility index (Phi) is 7.68. The molecule has 33 heavy (non-hydrogen) atoms. The molecule has 0 amide bonds. The van der Waals surface area contributed by atoms with E-state index in [9.17, 15) is 0 Å². The Morgan fingerprint density at radius 1 is 1.03 bits per heavy atom. The number of hydrogen-bond donors (Lipinski definition) is 3. The number of carboxylic acids is 2. The molecule has 4 aromatic rings. The maximum atomic E-state index is 9.10. The van der Waals surface area contributed by atoms with Gasteiger partial charge in [0.15, 0.2) is 0 Å². The molecule has 0 saturated heterocycles. The van der Waals surface area contributed by atoms with E-state index in [0.29, 0.717) is 6.54 Å². The first-order chi connectivity index (χ1) is 15.8. The molecular weight excluding hydrogens is 490 g/mol. The molecule has 0 radical (unpaired) electrons. The SMILES string of the molecule is COc1ccc(CNc2ncc(-c3cccc(Br)c3)n2C)c2ccccc12.O=C(O)C(=O)O. The third kappa shape index (κ3) is 5.69.